The zero-order valence-corrected chi connectivity index (χ0v) is 18.5. The molecule has 1 atom stereocenters. The molecule has 1 saturated heterocycles. The Hall–Kier alpha value is -2.95. The first-order chi connectivity index (χ1) is 15.0. The Morgan fingerprint density at radius 2 is 2.00 bits per heavy atom. The van der Waals surface area contributed by atoms with E-state index in [2.05, 4.69) is 5.32 Å². The number of carbonyl (C=O) groups excluding carboxylic acids is 2. The Morgan fingerprint density at radius 3 is 2.69 bits per heavy atom. The number of carbonyl (C=O) groups is 2. The number of nitrogens with zero attached hydrogens (tertiary/aromatic N) is 2. The molecule has 2 N–H and O–H groups in total. The number of hydrogen-bond donors (Lipinski definition) is 2. The molecule has 1 aliphatic rings. The van der Waals surface area contributed by atoms with Crippen molar-refractivity contribution in [1.82, 2.24) is 9.29 Å². The molecular weight excluding hydrogens is 461 g/mol. The number of amides is 2. The first-order valence-corrected chi connectivity index (χ1v) is 11.8. The average Bonchev–Trinajstić information content (AvgIpc) is 3.27. The number of benzene rings is 2. The molecule has 0 spiro atoms. The number of aliphatic hydroxyl groups is 1. The van der Waals surface area contributed by atoms with Gasteiger partial charge in [0.1, 0.15) is 5.82 Å². The van der Waals surface area contributed by atoms with Crippen LogP contribution in [0.15, 0.2) is 48.7 Å². The molecule has 2 aromatic carbocycles. The normalized spacial score (nSPS) is 19.0. The summed E-state index contributed by atoms with van der Waals surface area (Å²) in [7, 11) is -3.48. The van der Waals surface area contributed by atoms with Crippen molar-refractivity contribution in [2.45, 2.75) is 18.6 Å². The number of nitrogens with one attached hydrogen (secondary N) is 1. The van der Waals surface area contributed by atoms with Crippen LogP contribution in [-0.4, -0.2) is 47.7 Å². The van der Waals surface area contributed by atoms with E-state index in [1.807, 2.05) is 0 Å². The molecule has 2 heterocycles. The molecule has 32 heavy (non-hydrogen) atoms. The zero-order chi connectivity index (χ0) is 23.3. The molecule has 168 valence electrons. The average molecular weight is 480 g/mol. The van der Waals surface area contributed by atoms with E-state index in [-0.39, 0.29) is 24.5 Å². The van der Waals surface area contributed by atoms with Crippen molar-refractivity contribution in [3.63, 3.8) is 0 Å². The zero-order valence-electron chi connectivity index (χ0n) is 16.9. The highest BCUT2D eigenvalue weighted by Gasteiger charge is 2.51. The number of anilines is 1. The molecule has 1 aromatic heterocycles. The number of fused-ring (bicyclic) bond motifs is 1. The third-order valence-electron chi connectivity index (χ3n) is 5.35. The minimum absolute atomic E-state index is 0.0901. The Bertz CT molecular complexity index is 1340. The van der Waals surface area contributed by atoms with Crippen LogP contribution in [0.1, 0.15) is 12.0 Å². The maximum atomic E-state index is 13.5. The molecule has 1 unspecified atom stereocenters. The number of rotatable bonds is 5. The Kier molecular flexibility index (Phi) is 5.48. The quantitative estimate of drug-likeness (QED) is 0.544. The highest BCUT2D eigenvalue weighted by atomic mass is 35.5. The van der Waals surface area contributed by atoms with E-state index in [0.29, 0.717) is 22.2 Å². The third kappa shape index (κ3) is 3.96. The van der Waals surface area contributed by atoms with Gasteiger partial charge in [-0.05, 0) is 48.0 Å². The van der Waals surface area contributed by atoms with Crippen molar-refractivity contribution in [3.05, 3.63) is 65.1 Å². The van der Waals surface area contributed by atoms with Gasteiger partial charge in [-0.3, -0.25) is 9.59 Å². The first-order valence-electron chi connectivity index (χ1n) is 9.58. The third-order valence-corrected chi connectivity index (χ3v) is 6.61. The molecular formula is C21H19ClFN3O5S. The maximum Gasteiger partial charge on any atom is 0.268 e. The fraction of sp³-hybridized carbons (Fsp3) is 0.238. The van der Waals surface area contributed by atoms with Crippen LogP contribution in [0.2, 0.25) is 5.02 Å². The van der Waals surface area contributed by atoms with Gasteiger partial charge < -0.3 is 15.3 Å². The number of hydrogen-bond acceptors (Lipinski definition) is 5. The number of aromatic nitrogens is 1. The second-order valence-corrected chi connectivity index (χ2v) is 9.94. The molecule has 1 aliphatic heterocycles. The van der Waals surface area contributed by atoms with Crippen LogP contribution < -0.4 is 10.2 Å². The summed E-state index contributed by atoms with van der Waals surface area (Å²) in [4.78, 5) is 26.8. The lowest BCUT2D eigenvalue weighted by Gasteiger charge is -2.22. The molecule has 0 saturated carbocycles. The van der Waals surface area contributed by atoms with Crippen LogP contribution in [0.25, 0.3) is 10.9 Å². The highest BCUT2D eigenvalue weighted by molar-refractivity contribution is 7.89. The summed E-state index contributed by atoms with van der Waals surface area (Å²) in [5.74, 6) is -2.26. The smallest absolute Gasteiger partial charge is 0.268 e. The SMILES string of the molecule is CS(=O)(=O)n1ccc2cc(N3CCC(O)(C(=O)NCc4cc(F)cc(Cl)c4)C3=O)ccc21. The lowest BCUT2D eigenvalue weighted by Crippen LogP contribution is -2.52. The molecule has 0 bridgehead atoms. The maximum absolute atomic E-state index is 13.5. The van der Waals surface area contributed by atoms with Crippen LogP contribution >= 0.6 is 11.6 Å². The van der Waals surface area contributed by atoms with E-state index >= 15 is 0 Å². The number of halogens is 2. The van der Waals surface area contributed by atoms with Gasteiger partial charge in [0.25, 0.3) is 11.8 Å². The van der Waals surface area contributed by atoms with Gasteiger partial charge in [0, 0.05) is 41.8 Å². The second kappa shape index (κ2) is 7.88. The molecule has 2 amide bonds. The summed E-state index contributed by atoms with van der Waals surface area (Å²) in [5.41, 5.74) is -1.01. The highest BCUT2D eigenvalue weighted by Crippen LogP contribution is 2.31. The molecule has 8 nitrogen and oxygen atoms in total. The fourth-order valence-electron chi connectivity index (χ4n) is 3.77. The van der Waals surface area contributed by atoms with Crippen molar-refractivity contribution < 1.29 is 27.5 Å². The summed E-state index contributed by atoms with van der Waals surface area (Å²) in [6.07, 6.45) is 2.36. The van der Waals surface area contributed by atoms with Crippen molar-refractivity contribution in [1.29, 1.82) is 0 Å². The molecule has 3 aromatic rings. The van der Waals surface area contributed by atoms with Crippen LogP contribution in [0.5, 0.6) is 0 Å². The van der Waals surface area contributed by atoms with E-state index in [1.165, 1.54) is 23.2 Å². The summed E-state index contributed by atoms with van der Waals surface area (Å²) in [5, 5.41) is 14.0. The fourth-order valence-corrected chi connectivity index (χ4v) is 4.82. The van der Waals surface area contributed by atoms with Crippen molar-refractivity contribution in [2.75, 3.05) is 17.7 Å². The van der Waals surface area contributed by atoms with Gasteiger partial charge in [0.2, 0.25) is 15.6 Å². The summed E-state index contributed by atoms with van der Waals surface area (Å²) in [6.45, 7) is -0.0241. The van der Waals surface area contributed by atoms with Gasteiger partial charge in [-0.25, -0.2) is 16.8 Å². The lowest BCUT2D eigenvalue weighted by molar-refractivity contribution is -0.149. The van der Waals surface area contributed by atoms with E-state index in [0.717, 1.165) is 16.3 Å². The largest absolute Gasteiger partial charge is 0.372 e. The first kappa shape index (κ1) is 22.3. The van der Waals surface area contributed by atoms with Crippen molar-refractivity contribution >= 4 is 50.0 Å². The van der Waals surface area contributed by atoms with Gasteiger partial charge in [-0.2, -0.15) is 0 Å². The van der Waals surface area contributed by atoms with Gasteiger partial charge in [-0.15, -0.1) is 0 Å². The van der Waals surface area contributed by atoms with E-state index < -0.39 is 33.3 Å². The van der Waals surface area contributed by atoms with Crippen LogP contribution in [0, 0.1) is 5.82 Å². The minimum atomic E-state index is -3.48. The predicted molar refractivity (Wildman–Crippen MR) is 117 cm³/mol. The predicted octanol–water partition coefficient (Wildman–Crippen LogP) is 2.03. The monoisotopic (exact) mass is 479 g/mol. The minimum Gasteiger partial charge on any atom is -0.372 e. The van der Waals surface area contributed by atoms with Crippen LogP contribution in [0.4, 0.5) is 10.1 Å². The van der Waals surface area contributed by atoms with Gasteiger partial charge in [0.15, 0.2) is 0 Å². The van der Waals surface area contributed by atoms with Crippen molar-refractivity contribution in [3.8, 4) is 0 Å². The molecule has 4 rings (SSSR count). The van der Waals surface area contributed by atoms with Gasteiger partial charge in [-0.1, -0.05) is 11.6 Å². The van der Waals surface area contributed by atoms with E-state index in [4.69, 9.17) is 11.6 Å². The topological polar surface area (TPSA) is 109 Å². The van der Waals surface area contributed by atoms with Gasteiger partial charge in [0.05, 0.1) is 11.8 Å². The Labute approximate surface area is 188 Å². The summed E-state index contributed by atoms with van der Waals surface area (Å²) < 4.78 is 38.3. The molecule has 0 radical (unpaired) electrons. The van der Waals surface area contributed by atoms with Crippen LogP contribution in [-0.2, 0) is 26.2 Å². The Balaban J connectivity index is 1.52. The molecule has 1 fully saturated rings. The standard InChI is InChI=1S/C21H19ClFN3O5S/c1-32(30,31)26-6-4-14-10-17(2-3-18(14)26)25-7-5-21(29,20(25)28)19(27)24-12-13-8-15(22)11-16(23)9-13/h2-4,6,8-11,29H,5,7,12H2,1H3,(H,24,27). The summed E-state index contributed by atoms with van der Waals surface area (Å²) in [6, 6.07) is 10.1. The van der Waals surface area contributed by atoms with E-state index in [9.17, 15) is 27.5 Å². The summed E-state index contributed by atoms with van der Waals surface area (Å²) >= 11 is 5.80. The van der Waals surface area contributed by atoms with Crippen LogP contribution in [0.3, 0.4) is 0 Å². The van der Waals surface area contributed by atoms with E-state index in [1.54, 1.807) is 24.3 Å². The molecule has 11 heteroatoms. The molecule has 0 aliphatic carbocycles. The lowest BCUT2D eigenvalue weighted by atomic mass is 10.0. The second-order valence-electron chi connectivity index (χ2n) is 7.65. The van der Waals surface area contributed by atoms with Gasteiger partial charge >= 0.3 is 0 Å². The van der Waals surface area contributed by atoms with Crippen molar-refractivity contribution in [2.24, 2.45) is 0 Å². The Morgan fingerprint density at radius 1 is 1.25 bits per heavy atom.